The Hall–Kier alpha value is -1.06. The van der Waals surface area contributed by atoms with Crippen molar-refractivity contribution >= 4 is 0 Å². The summed E-state index contributed by atoms with van der Waals surface area (Å²) in [7, 11) is 1.70. The highest BCUT2D eigenvalue weighted by Crippen LogP contribution is 2.23. The summed E-state index contributed by atoms with van der Waals surface area (Å²) in [5.41, 5.74) is 8.21. The average Bonchev–Trinajstić information content (AvgIpc) is 2.48. The molecular formula is C16H26N2O. The maximum Gasteiger partial charge on any atom is 0.123 e. The second-order valence-electron chi connectivity index (χ2n) is 5.48. The van der Waals surface area contributed by atoms with Gasteiger partial charge in [0.1, 0.15) is 5.75 Å². The van der Waals surface area contributed by atoms with E-state index in [9.17, 15) is 0 Å². The molecule has 1 aliphatic heterocycles. The lowest BCUT2D eigenvalue weighted by Gasteiger charge is -2.31. The third-order valence-corrected chi connectivity index (χ3v) is 4.26. The van der Waals surface area contributed by atoms with Crippen molar-refractivity contribution in [2.45, 2.75) is 39.3 Å². The summed E-state index contributed by atoms with van der Waals surface area (Å²) in [6.45, 7) is 6.32. The number of piperidine rings is 1. The molecule has 3 nitrogen and oxygen atoms in total. The molecule has 1 heterocycles. The molecule has 1 aromatic carbocycles. The van der Waals surface area contributed by atoms with E-state index in [4.69, 9.17) is 10.5 Å². The Morgan fingerprint density at radius 2 is 2.05 bits per heavy atom. The zero-order chi connectivity index (χ0) is 13.7. The van der Waals surface area contributed by atoms with Crippen LogP contribution >= 0.6 is 0 Å². The van der Waals surface area contributed by atoms with Crippen LogP contribution in [0, 0.1) is 5.92 Å². The minimum Gasteiger partial charge on any atom is -0.496 e. The van der Waals surface area contributed by atoms with Crippen molar-refractivity contribution < 1.29 is 4.74 Å². The van der Waals surface area contributed by atoms with E-state index < -0.39 is 0 Å². The maximum absolute atomic E-state index is 5.77. The Bertz CT molecular complexity index is 398. The zero-order valence-electron chi connectivity index (χ0n) is 12.2. The first kappa shape index (κ1) is 14.4. The van der Waals surface area contributed by atoms with Gasteiger partial charge in [0.2, 0.25) is 0 Å². The number of nitrogens with zero attached hydrogens (tertiary/aromatic N) is 1. The average molecular weight is 262 g/mol. The van der Waals surface area contributed by atoms with E-state index in [0.717, 1.165) is 23.8 Å². The van der Waals surface area contributed by atoms with Gasteiger partial charge in [-0.15, -0.1) is 0 Å². The summed E-state index contributed by atoms with van der Waals surface area (Å²) in [6, 6.07) is 6.38. The van der Waals surface area contributed by atoms with Crippen molar-refractivity contribution in [1.82, 2.24) is 4.90 Å². The smallest absolute Gasteiger partial charge is 0.123 e. The van der Waals surface area contributed by atoms with Gasteiger partial charge in [0.25, 0.3) is 0 Å². The molecule has 0 atom stereocenters. The number of rotatable bonds is 5. The standard InChI is InChI=1S/C16H26N2O/c1-3-13-6-8-18(9-7-13)12-14-4-5-16(19-2)15(10-14)11-17/h4-5,10,13H,3,6-9,11-12,17H2,1-2H3. The Morgan fingerprint density at radius 3 is 2.63 bits per heavy atom. The molecule has 0 bridgehead atoms. The Balaban J connectivity index is 1.96. The predicted molar refractivity (Wildman–Crippen MR) is 79.2 cm³/mol. The van der Waals surface area contributed by atoms with Gasteiger partial charge in [0.05, 0.1) is 7.11 Å². The van der Waals surface area contributed by atoms with E-state index >= 15 is 0 Å². The summed E-state index contributed by atoms with van der Waals surface area (Å²) >= 11 is 0. The fourth-order valence-corrected chi connectivity index (χ4v) is 2.90. The van der Waals surface area contributed by atoms with Crippen LogP contribution in [0.25, 0.3) is 0 Å². The van der Waals surface area contributed by atoms with E-state index in [1.54, 1.807) is 7.11 Å². The molecule has 0 radical (unpaired) electrons. The summed E-state index contributed by atoms with van der Waals surface area (Å²) in [4.78, 5) is 2.55. The van der Waals surface area contributed by atoms with E-state index in [1.165, 1.54) is 37.9 Å². The van der Waals surface area contributed by atoms with Crippen molar-refractivity contribution in [1.29, 1.82) is 0 Å². The number of benzene rings is 1. The van der Waals surface area contributed by atoms with Crippen LogP contribution in [0.2, 0.25) is 0 Å². The summed E-state index contributed by atoms with van der Waals surface area (Å²) in [5.74, 6) is 1.84. The van der Waals surface area contributed by atoms with Crippen LogP contribution in [0.1, 0.15) is 37.3 Å². The number of hydrogen-bond acceptors (Lipinski definition) is 3. The van der Waals surface area contributed by atoms with Gasteiger partial charge in [-0.3, -0.25) is 4.90 Å². The molecule has 1 aliphatic rings. The van der Waals surface area contributed by atoms with Gasteiger partial charge >= 0.3 is 0 Å². The first-order valence-corrected chi connectivity index (χ1v) is 7.35. The van der Waals surface area contributed by atoms with Crippen LogP contribution in [-0.4, -0.2) is 25.1 Å². The normalized spacial score (nSPS) is 17.6. The lowest BCUT2D eigenvalue weighted by molar-refractivity contribution is 0.175. The lowest BCUT2D eigenvalue weighted by atomic mass is 9.94. The number of methoxy groups -OCH3 is 1. The van der Waals surface area contributed by atoms with Crippen molar-refractivity contribution in [3.63, 3.8) is 0 Å². The van der Waals surface area contributed by atoms with Gasteiger partial charge in [0.15, 0.2) is 0 Å². The van der Waals surface area contributed by atoms with E-state index in [-0.39, 0.29) is 0 Å². The minimum atomic E-state index is 0.537. The Kier molecular flexibility index (Phi) is 5.23. The predicted octanol–water partition coefficient (Wildman–Crippen LogP) is 2.78. The monoisotopic (exact) mass is 262 g/mol. The van der Waals surface area contributed by atoms with Gasteiger partial charge < -0.3 is 10.5 Å². The van der Waals surface area contributed by atoms with Crippen LogP contribution in [0.3, 0.4) is 0 Å². The fraction of sp³-hybridized carbons (Fsp3) is 0.625. The molecule has 1 saturated heterocycles. The summed E-state index contributed by atoms with van der Waals surface area (Å²) in [5, 5.41) is 0. The summed E-state index contributed by atoms with van der Waals surface area (Å²) in [6.07, 6.45) is 4.01. The van der Waals surface area contributed by atoms with E-state index in [2.05, 4.69) is 24.0 Å². The number of hydrogen-bond donors (Lipinski definition) is 1. The van der Waals surface area contributed by atoms with Crippen LogP contribution in [0.15, 0.2) is 18.2 Å². The van der Waals surface area contributed by atoms with Crippen LogP contribution in [0.5, 0.6) is 5.75 Å². The molecule has 0 amide bonds. The fourth-order valence-electron chi connectivity index (χ4n) is 2.90. The Labute approximate surface area is 116 Å². The second-order valence-corrected chi connectivity index (χ2v) is 5.48. The highest BCUT2D eigenvalue weighted by atomic mass is 16.5. The SMILES string of the molecule is CCC1CCN(Cc2ccc(OC)c(CN)c2)CC1. The molecule has 1 aromatic rings. The molecule has 0 spiro atoms. The van der Waals surface area contributed by atoms with Crippen molar-refractivity contribution in [3.8, 4) is 5.75 Å². The molecule has 0 aliphatic carbocycles. The first-order valence-electron chi connectivity index (χ1n) is 7.35. The Morgan fingerprint density at radius 1 is 1.32 bits per heavy atom. The van der Waals surface area contributed by atoms with E-state index in [1.807, 2.05) is 6.07 Å². The second kappa shape index (κ2) is 6.92. The van der Waals surface area contributed by atoms with Crippen molar-refractivity contribution in [2.24, 2.45) is 11.7 Å². The molecule has 0 unspecified atom stereocenters. The topological polar surface area (TPSA) is 38.5 Å². The molecule has 2 N–H and O–H groups in total. The minimum absolute atomic E-state index is 0.537. The van der Waals surface area contributed by atoms with Crippen molar-refractivity contribution in [3.05, 3.63) is 29.3 Å². The highest BCUT2D eigenvalue weighted by molar-refractivity contribution is 5.37. The number of nitrogens with two attached hydrogens (primary N) is 1. The molecular weight excluding hydrogens is 236 g/mol. The number of likely N-dealkylation sites (tertiary alicyclic amines) is 1. The van der Waals surface area contributed by atoms with Gasteiger partial charge in [0, 0.05) is 18.7 Å². The van der Waals surface area contributed by atoms with Gasteiger partial charge in [-0.05, 0) is 49.5 Å². The lowest BCUT2D eigenvalue weighted by Crippen LogP contribution is -2.33. The zero-order valence-corrected chi connectivity index (χ0v) is 12.2. The third kappa shape index (κ3) is 3.71. The van der Waals surface area contributed by atoms with E-state index in [0.29, 0.717) is 6.54 Å². The highest BCUT2D eigenvalue weighted by Gasteiger charge is 2.17. The van der Waals surface area contributed by atoms with Gasteiger partial charge in [-0.25, -0.2) is 0 Å². The maximum atomic E-state index is 5.77. The summed E-state index contributed by atoms with van der Waals surface area (Å²) < 4.78 is 5.32. The van der Waals surface area contributed by atoms with Crippen LogP contribution in [0.4, 0.5) is 0 Å². The quantitative estimate of drug-likeness (QED) is 0.887. The molecule has 0 saturated carbocycles. The third-order valence-electron chi connectivity index (χ3n) is 4.26. The molecule has 106 valence electrons. The number of ether oxygens (including phenoxy) is 1. The molecule has 19 heavy (non-hydrogen) atoms. The van der Waals surface area contributed by atoms with Crippen molar-refractivity contribution in [2.75, 3.05) is 20.2 Å². The largest absolute Gasteiger partial charge is 0.496 e. The first-order chi connectivity index (χ1) is 9.26. The molecule has 1 fully saturated rings. The van der Waals surface area contributed by atoms with Crippen LogP contribution in [-0.2, 0) is 13.1 Å². The molecule has 0 aromatic heterocycles. The van der Waals surface area contributed by atoms with Gasteiger partial charge in [-0.2, -0.15) is 0 Å². The molecule has 2 rings (SSSR count). The van der Waals surface area contributed by atoms with Crippen LogP contribution < -0.4 is 10.5 Å². The van der Waals surface area contributed by atoms with Gasteiger partial charge in [-0.1, -0.05) is 19.4 Å². The molecule has 3 heteroatoms.